The number of sulfonamides is 1. The minimum absolute atomic E-state index is 0.00166. The molecule has 2 rings (SSSR count). The van der Waals surface area contributed by atoms with Crippen LogP contribution in [0.3, 0.4) is 0 Å². The van der Waals surface area contributed by atoms with Crippen LogP contribution in [0.15, 0.2) is 17.0 Å². The molecule has 2 N–H and O–H groups in total. The van der Waals surface area contributed by atoms with E-state index in [0.29, 0.717) is 5.92 Å². The summed E-state index contributed by atoms with van der Waals surface area (Å²) >= 11 is 11.9. The fourth-order valence-corrected chi connectivity index (χ4v) is 4.97. The largest absolute Gasteiger partial charge is 0.396 e. The maximum Gasteiger partial charge on any atom is 0.244 e. The number of nitrogens with two attached hydrogens (primary N) is 1. The molecule has 0 aromatic heterocycles. The molecule has 0 spiro atoms. The summed E-state index contributed by atoms with van der Waals surface area (Å²) in [5, 5.41) is 0.256. The number of hydrogen-bond acceptors (Lipinski definition) is 3. The average Bonchev–Trinajstić information content (AvgIpc) is 2.43. The topological polar surface area (TPSA) is 63.4 Å². The molecule has 4 nitrogen and oxygen atoms in total. The summed E-state index contributed by atoms with van der Waals surface area (Å²) in [4.78, 5) is 0.0202. The van der Waals surface area contributed by atoms with Crippen molar-refractivity contribution >= 4 is 38.9 Å². The first kappa shape index (κ1) is 16.9. The third kappa shape index (κ3) is 3.31. The van der Waals surface area contributed by atoms with Crippen LogP contribution in [-0.2, 0) is 10.0 Å². The van der Waals surface area contributed by atoms with Crippen LogP contribution in [0.4, 0.5) is 5.69 Å². The summed E-state index contributed by atoms with van der Waals surface area (Å²) in [6, 6.07) is 2.89. The number of halogens is 2. The SMILES string of the molecule is CC1CCCC(N(C)S(=O)(=O)c2ccc(Cl)c(N)c2Cl)C1. The van der Waals surface area contributed by atoms with Gasteiger partial charge in [-0.25, -0.2) is 8.42 Å². The molecule has 21 heavy (non-hydrogen) atoms. The first-order chi connectivity index (χ1) is 9.75. The average molecular weight is 351 g/mol. The van der Waals surface area contributed by atoms with E-state index in [1.807, 2.05) is 0 Å². The summed E-state index contributed by atoms with van der Waals surface area (Å²) < 4.78 is 27.0. The highest BCUT2D eigenvalue weighted by Gasteiger charge is 2.32. The van der Waals surface area contributed by atoms with Gasteiger partial charge in [0.25, 0.3) is 0 Å². The molecule has 1 aromatic carbocycles. The Bertz CT molecular complexity index is 634. The molecule has 2 atom stereocenters. The van der Waals surface area contributed by atoms with Crippen molar-refractivity contribution in [3.8, 4) is 0 Å². The Labute approximate surface area is 136 Å². The molecule has 0 aliphatic heterocycles. The second kappa shape index (κ2) is 6.32. The maximum atomic E-state index is 12.8. The smallest absolute Gasteiger partial charge is 0.244 e. The van der Waals surface area contributed by atoms with Crippen LogP contribution in [0.2, 0.25) is 10.0 Å². The lowest BCUT2D eigenvalue weighted by atomic mass is 9.87. The van der Waals surface area contributed by atoms with Gasteiger partial charge in [0.2, 0.25) is 10.0 Å². The molecule has 1 aliphatic carbocycles. The monoisotopic (exact) mass is 350 g/mol. The van der Waals surface area contributed by atoms with Crippen molar-refractivity contribution in [3.05, 3.63) is 22.2 Å². The molecule has 7 heteroatoms. The number of nitrogen functional groups attached to an aromatic ring is 1. The highest BCUT2D eigenvalue weighted by atomic mass is 35.5. The summed E-state index contributed by atoms with van der Waals surface area (Å²) in [5.74, 6) is 0.534. The zero-order valence-electron chi connectivity index (χ0n) is 12.1. The molecule has 2 unspecified atom stereocenters. The standard InChI is InChI=1S/C14H20Cl2N2O2S/c1-9-4-3-5-10(8-9)18(2)21(19,20)12-7-6-11(15)14(17)13(12)16/h6-7,9-10H,3-5,8,17H2,1-2H3. The second-order valence-electron chi connectivity index (χ2n) is 5.72. The van der Waals surface area contributed by atoms with E-state index in [2.05, 4.69) is 6.92 Å². The number of hydrogen-bond donors (Lipinski definition) is 1. The molecule has 0 bridgehead atoms. The Morgan fingerprint density at radius 3 is 2.57 bits per heavy atom. The van der Waals surface area contributed by atoms with Crippen LogP contribution in [0, 0.1) is 5.92 Å². The van der Waals surface area contributed by atoms with Crippen molar-refractivity contribution in [2.45, 2.75) is 43.5 Å². The van der Waals surface area contributed by atoms with E-state index in [-0.39, 0.29) is 26.7 Å². The molecule has 0 amide bonds. The van der Waals surface area contributed by atoms with Crippen molar-refractivity contribution in [3.63, 3.8) is 0 Å². The summed E-state index contributed by atoms with van der Waals surface area (Å²) in [6.07, 6.45) is 3.94. The number of benzene rings is 1. The molecular formula is C14H20Cl2N2O2S. The molecule has 118 valence electrons. The van der Waals surface area contributed by atoms with E-state index < -0.39 is 10.0 Å². The van der Waals surface area contributed by atoms with Crippen molar-refractivity contribution < 1.29 is 8.42 Å². The van der Waals surface area contributed by atoms with Gasteiger partial charge >= 0.3 is 0 Å². The van der Waals surface area contributed by atoms with Crippen molar-refractivity contribution in [2.24, 2.45) is 5.92 Å². The summed E-state index contributed by atoms with van der Waals surface area (Å²) in [5.41, 5.74) is 5.83. The molecule has 0 saturated heterocycles. The van der Waals surface area contributed by atoms with Crippen LogP contribution in [0.25, 0.3) is 0 Å². The summed E-state index contributed by atoms with van der Waals surface area (Å²) in [6.45, 7) is 2.15. The van der Waals surface area contributed by atoms with Crippen LogP contribution < -0.4 is 5.73 Å². The van der Waals surface area contributed by atoms with Crippen molar-refractivity contribution in [1.82, 2.24) is 4.31 Å². The first-order valence-electron chi connectivity index (χ1n) is 6.96. The molecular weight excluding hydrogens is 331 g/mol. The van der Waals surface area contributed by atoms with Gasteiger partial charge in [-0.3, -0.25) is 0 Å². The molecule has 1 fully saturated rings. The number of rotatable bonds is 3. The predicted octanol–water partition coefficient (Wildman–Crippen LogP) is 3.77. The normalized spacial score (nSPS) is 23.5. The molecule has 1 saturated carbocycles. The van der Waals surface area contributed by atoms with Gasteiger partial charge in [-0.15, -0.1) is 0 Å². The van der Waals surface area contributed by atoms with Gasteiger partial charge in [0.15, 0.2) is 0 Å². The van der Waals surface area contributed by atoms with E-state index in [9.17, 15) is 8.42 Å². The fourth-order valence-electron chi connectivity index (χ4n) is 2.83. The first-order valence-corrected chi connectivity index (χ1v) is 9.16. The van der Waals surface area contributed by atoms with Crippen LogP contribution in [-0.4, -0.2) is 25.8 Å². The Balaban J connectivity index is 2.35. The van der Waals surface area contributed by atoms with Crippen LogP contribution >= 0.6 is 23.2 Å². The van der Waals surface area contributed by atoms with Crippen molar-refractivity contribution in [1.29, 1.82) is 0 Å². The van der Waals surface area contributed by atoms with Gasteiger partial charge in [0, 0.05) is 13.1 Å². The van der Waals surface area contributed by atoms with E-state index in [1.54, 1.807) is 7.05 Å². The van der Waals surface area contributed by atoms with Crippen molar-refractivity contribution in [2.75, 3.05) is 12.8 Å². The third-order valence-electron chi connectivity index (χ3n) is 4.17. The summed E-state index contributed by atoms with van der Waals surface area (Å²) in [7, 11) is -2.06. The Hall–Kier alpha value is -0.490. The van der Waals surface area contributed by atoms with Gasteiger partial charge in [0.1, 0.15) is 4.90 Å². The van der Waals surface area contributed by atoms with Crippen LogP contribution in [0.5, 0.6) is 0 Å². The highest BCUT2D eigenvalue weighted by Crippen LogP contribution is 2.36. The van der Waals surface area contributed by atoms with Gasteiger partial charge in [0.05, 0.1) is 15.7 Å². The molecule has 0 heterocycles. The zero-order chi connectivity index (χ0) is 15.8. The van der Waals surface area contributed by atoms with Gasteiger partial charge in [-0.1, -0.05) is 43.0 Å². The number of nitrogens with zero attached hydrogens (tertiary/aromatic N) is 1. The number of anilines is 1. The minimum Gasteiger partial charge on any atom is -0.396 e. The molecule has 1 aromatic rings. The third-order valence-corrected chi connectivity index (χ3v) is 6.97. The van der Waals surface area contributed by atoms with Gasteiger partial charge in [-0.2, -0.15) is 4.31 Å². The van der Waals surface area contributed by atoms with Crippen LogP contribution in [0.1, 0.15) is 32.6 Å². The van der Waals surface area contributed by atoms with E-state index in [0.717, 1.165) is 25.7 Å². The van der Waals surface area contributed by atoms with E-state index in [4.69, 9.17) is 28.9 Å². The lowest BCUT2D eigenvalue weighted by molar-refractivity contribution is 0.239. The van der Waals surface area contributed by atoms with E-state index >= 15 is 0 Å². The Kier molecular flexibility index (Phi) is 5.08. The second-order valence-corrected chi connectivity index (χ2v) is 8.47. The molecule has 0 radical (unpaired) electrons. The Morgan fingerprint density at radius 1 is 1.29 bits per heavy atom. The fraction of sp³-hybridized carbons (Fsp3) is 0.571. The van der Waals surface area contributed by atoms with Gasteiger partial charge in [-0.05, 0) is 30.9 Å². The molecule has 1 aliphatic rings. The Morgan fingerprint density at radius 2 is 1.95 bits per heavy atom. The lowest BCUT2D eigenvalue weighted by Crippen LogP contribution is -2.39. The predicted molar refractivity (Wildman–Crippen MR) is 87.2 cm³/mol. The van der Waals surface area contributed by atoms with Gasteiger partial charge < -0.3 is 5.73 Å². The minimum atomic E-state index is -3.67. The maximum absolute atomic E-state index is 12.8. The zero-order valence-corrected chi connectivity index (χ0v) is 14.5. The highest BCUT2D eigenvalue weighted by molar-refractivity contribution is 7.89. The lowest BCUT2D eigenvalue weighted by Gasteiger charge is -2.33. The quantitative estimate of drug-likeness (QED) is 0.843. The van der Waals surface area contributed by atoms with E-state index in [1.165, 1.54) is 16.4 Å².